The van der Waals surface area contributed by atoms with Crippen LogP contribution < -0.4 is 0 Å². The topological polar surface area (TPSA) is 83.2 Å². The number of aryl methyl sites for hydroxylation is 1. The summed E-state index contributed by atoms with van der Waals surface area (Å²) in [5.74, 6) is 0.920. The molecule has 0 aliphatic carbocycles. The second kappa shape index (κ2) is 7.60. The summed E-state index contributed by atoms with van der Waals surface area (Å²) in [6, 6.07) is 18.7. The van der Waals surface area contributed by atoms with Gasteiger partial charge >= 0.3 is 6.18 Å². The molecule has 0 unspecified atom stereocenters. The number of para-hydroxylation sites is 1. The molecule has 0 saturated heterocycles. The van der Waals surface area contributed by atoms with Crippen LogP contribution in [0, 0.1) is 11.3 Å². The molecule has 0 aliphatic rings. The average molecular weight is 444 g/mol. The molecule has 0 fully saturated rings. The van der Waals surface area contributed by atoms with Gasteiger partial charge < -0.3 is 9.55 Å². The standard InChI is InChI=1S/C24H15F3N6/c1-33-13-29-32-23(33)18-10-14(12-28)8-9-17(18)15-4-2-5-16(11-15)22-30-20-7-3-6-19(21(20)31-22)24(25,26)27/h2-11,13H,1H3,(H,30,31). The highest BCUT2D eigenvalue weighted by atomic mass is 19.4. The Bertz CT molecular complexity index is 1540. The van der Waals surface area contributed by atoms with Crippen LogP contribution in [0.1, 0.15) is 11.1 Å². The number of nitrogens with zero attached hydrogens (tertiary/aromatic N) is 5. The third-order valence-corrected chi connectivity index (χ3v) is 5.37. The number of hydrogen-bond acceptors (Lipinski definition) is 4. The zero-order valence-electron chi connectivity index (χ0n) is 17.2. The van der Waals surface area contributed by atoms with E-state index in [1.54, 1.807) is 48.3 Å². The van der Waals surface area contributed by atoms with Gasteiger partial charge in [-0.05, 0) is 41.5 Å². The predicted octanol–water partition coefficient (Wildman–Crippen LogP) is 5.58. The Morgan fingerprint density at radius 2 is 1.76 bits per heavy atom. The number of aromatic nitrogens is 5. The van der Waals surface area contributed by atoms with E-state index in [0.717, 1.165) is 22.8 Å². The van der Waals surface area contributed by atoms with Gasteiger partial charge in [0.15, 0.2) is 5.82 Å². The third-order valence-electron chi connectivity index (χ3n) is 5.37. The largest absolute Gasteiger partial charge is 0.418 e. The third kappa shape index (κ3) is 3.61. The van der Waals surface area contributed by atoms with Gasteiger partial charge in [-0.3, -0.25) is 0 Å². The van der Waals surface area contributed by atoms with Crippen LogP contribution in [-0.4, -0.2) is 24.7 Å². The fraction of sp³-hybridized carbons (Fsp3) is 0.0833. The first-order valence-electron chi connectivity index (χ1n) is 9.90. The Kier molecular flexibility index (Phi) is 4.71. The van der Waals surface area contributed by atoms with Crippen LogP contribution in [0.25, 0.3) is 44.9 Å². The predicted molar refractivity (Wildman–Crippen MR) is 117 cm³/mol. The first-order chi connectivity index (χ1) is 15.8. The van der Waals surface area contributed by atoms with Crippen molar-refractivity contribution in [1.82, 2.24) is 24.7 Å². The summed E-state index contributed by atoms with van der Waals surface area (Å²) in [4.78, 5) is 7.24. The quantitative estimate of drug-likeness (QED) is 0.394. The zero-order valence-corrected chi connectivity index (χ0v) is 17.2. The van der Waals surface area contributed by atoms with Gasteiger partial charge in [0, 0.05) is 18.2 Å². The number of imidazole rings is 1. The van der Waals surface area contributed by atoms with E-state index in [1.165, 1.54) is 6.07 Å². The minimum absolute atomic E-state index is 0.122. The van der Waals surface area contributed by atoms with E-state index in [-0.39, 0.29) is 5.52 Å². The van der Waals surface area contributed by atoms with Gasteiger partial charge in [0.25, 0.3) is 0 Å². The van der Waals surface area contributed by atoms with Crippen molar-refractivity contribution in [2.45, 2.75) is 6.18 Å². The van der Waals surface area contributed by atoms with Crippen LogP contribution in [0.3, 0.4) is 0 Å². The molecule has 5 rings (SSSR count). The molecule has 162 valence electrons. The highest BCUT2D eigenvalue weighted by Gasteiger charge is 2.33. The van der Waals surface area contributed by atoms with Gasteiger partial charge in [0.2, 0.25) is 0 Å². The van der Waals surface area contributed by atoms with E-state index in [9.17, 15) is 18.4 Å². The number of alkyl halides is 3. The van der Waals surface area contributed by atoms with E-state index >= 15 is 0 Å². The number of rotatable bonds is 3. The Morgan fingerprint density at radius 1 is 0.970 bits per heavy atom. The molecule has 0 aliphatic heterocycles. The van der Waals surface area contributed by atoms with Crippen LogP contribution in [0.4, 0.5) is 13.2 Å². The number of halogens is 3. The summed E-state index contributed by atoms with van der Waals surface area (Å²) in [5.41, 5.74) is 2.83. The smallest absolute Gasteiger partial charge is 0.338 e. The lowest BCUT2D eigenvalue weighted by Crippen LogP contribution is -2.05. The molecule has 0 bridgehead atoms. The monoisotopic (exact) mass is 444 g/mol. The maximum absolute atomic E-state index is 13.4. The fourth-order valence-corrected chi connectivity index (χ4v) is 3.81. The van der Waals surface area contributed by atoms with Crippen molar-refractivity contribution in [2.24, 2.45) is 7.05 Å². The SMILES string of the molecule is Cn1cnnc1-c1cc(C#N)ccc1-c1cccc(-c2nc3c(C(F)(F)F)cccc3[nH]2)c1. The van der Waals surface area contributed by atoms with Crippen molar-refractivity contribution < 1.29 is 13.2 Å². The molecule has 3 aromatic carbocycles. The maximum Gasteiger partial charge on any atom is 0.418 e. The number of hydrogen-bond donors (Lipinski definition) is 1. The average Bonchev–Trinajstić information content (AvgIpc) is 3.44. The molecule has 5 aromatic rings. The maximum atomic E-state index is 13.4. The van der Waals surface area contributed by atoms with Crippen LogP contribution >= 0.6 is 0 Å². The first-order valence-corrected chi connectivity index (χ1v) is 9.90. The molecule has 6 nitrogen and oxygen atoms in total. The van der Waals surface area contributed by atoms with Gasteiger partial charge in [0.05, 0.1) is 22.7 Å². The number of fused-ring (bicyclic) bond motifs is 1. The van der Waals surface area contributed by atoms with E-state index in [2.05, 4.69) is 26.2 Å². The fourth-order valence-electron chi connectivity index (χ4n) is 3.81. The molecule has 0 atom stereocenters. The molecule has 1 N–H and O–H groups in total. The van der Waals surface area contributed by atoms with Gasteiger partial charge in [-0.2, -0.15) is 18.4 Å². The highest BCUT2D eigenvalue weighted by Crippen LogP contribution is 2.36. The van der Waals surface area contributed by atoms with E-state index in [1.807, 2.05) is 18.2 Å². The highest BCUT2D eigenvalue weighted by molar-refractivity contribution is 5.86. The van der Waals surface area contributed by atoms with E-state index in [4.69, 9.17) is 0 Å². The number of benzene rings is 3. The summed E-state index contributed by atoms with van der Waals surface area (Å²) in [5, 5.41) is 17.4. The Balaban J connectivity index is 1.65. The van der Waals surface area contributed by atoms with Gasteiger partial charge in [-0.15, -0.1) is 10.2 Å². The van der Waals surface area contributed by atoms with Crippen LogP contribution in [0.5, 0.6) is 0 Å². The summed E-state index contributed by atoms with van der Waals surface area (Å²) >= 11 is 0. The van der Waals surface area contributed by atoms with Gasteiger partial charge in [0.1, 0.15) is 17.7 Å². The molecule has 2 heterocycles. The normalized spacial score (nSPS) is 11.6. The minimum atomic E-state index is -4.50. The van der Waals surface area contributed by atoms with E-state index < -0.39 is 11.7 Å². The molecule has 2 aromatic heterocycles. The lowest BCUT2D eigenvalue weighted by Gasteiger charge is -2.11. The van der Waals surface area contributed by atoms with Crippen LogP contribution in [0.15, 0.2) is 67.0 Å². The molecule has 0 radical (unpaired) electrons. The molecule has 0 saturated carbocycles. The number of nitrogens with one attached hydrogen (secondary N) is 1. The van der Waals surface area contributed by atoms with Crippen molar-refractivity contribution >= 4 is 11.0 Å². The molecular weight excluding hydrogens is 429 g/mol. The number of nitriles is 1. The van der Waals surface area contributed by atoms with E-state index in [0.29, 0.717) is 28.3 Å². The van der Waals surface area contributed by atoms with Crippen molar-refractivity contribution in [3.8, 4) is 40.0 Å². The Morgan fingerprint density at radius 3 is 2.48 bits per heavy atom. The van der Waals surface area contributed by atoms with Crippen molar-refractivity contribution in [2.75, 3.05) is 0 Å². The number of H-pyrrole nitrogens is 1. The summed E-state index contributed by atoms with van der Waals surface area (Å²) in [6.07, 6.45) is -2.93. The second-order valence-electron chi connectivity index (χ2n) is 7.50. The molecule has 0 amide bonds. The van der Waals surface area contributed by atoms with Crippen LogP contribution in [0.2, 0.25) is 0 Å². The Labute approximate surface area is 186 Å². The summed E-state index contributed by atoms with van der Waals surface area (Å²) in [6.45, 7) is 0. The second-order valence-corrected chi connectivity index (χ2v) is 7.50. The molecule has 0 spiro atoms. The number of aromatic amines is 1. The minimum Gasteiger partial charge on any atom is -0.338 e. The lowest BCUT2D eigenvalue weighted by molar-refractivity contribution is -0.136. The summed E-state index contributed by atoms with van der Waals surface area (Å²) < 4.78 is 41.9. The van der Waals surface area contributed by atoms with Crippen molar-refractivity contribution in [1.29, 1.82) is 5.26 Å². The molecule has 33 heavy (non-hydrogen) atoms. The van der Waals surface area contributed by atoms with Gasteiger partial charge in [-0.1, -0.05) is 30.3 Å². The Hall–Kier alpha value is -4.45. The zero-order chi connectivity index (χ0) is 23.2. The van der Waals surface area contributed by atoms with Crippen molar-refractivity contribution in [3.05, 3.63) is 78.1 Å². The van der Waals surface area contributed by atoms with Crippen LogP contribution in [-0.2, 0) is 13.2 Å². The molecule has 9 heteroatoms. The van der Waals surface area contributed by atoms with Gasteiger partial charge in [-0.25, -0.2) is 4.98 Å². The summed E-state index contributed by atoms with van der Waals surface area (Å²) in [7, 11) is 1.81. The van der Waals surface area contributed by atoms with Crippen molar-refractivity contribution in [3.63, 3.8) is 0 Å². The first kappa shape index (κ1) is 20.5. The lowest BCUT2D eigenvalue weighted by atomic mass is 9.96. The molecular formula is C24H15F3N6.